The molecule has 2 heteroatoms. The molecule has 22 heavy (non-hydrogen) atoms. The molecule has 0 fully saturated rings. The molecule has 3 rings (SSSR count). The summed E-state index contributed by atoms with van der Waals surface area (Å²) in [6, 6.07) is 11.0. The minimum Gasteiger partial charge on any atom is -0.358 e. The van der Waals surface area contributed by atoms with Gasteiger partial charge in [-0.05, 0) is 31.9 Å². The van der Waals surface area contributed by atoms with Crippen LogP contribution in [0.15, 0.2) is 30.3 Å². The number of anilines is 1. The molecule has 1 aromatic carbocycles. The van der Waals surface area contributed by atoms with Gasteiger partial charge in [-0.2, -0.15) is 0 Å². The van der Waals surface area contributed by atoms with Gasteiger partial charge >= 0.3 is 0 Å². The molecule has 0 radical (unpaired) electrons. The minimum atomic E-state index is 0. The first-order chi connectivity index (χ1) is 9.90. The predicted octanol–water partition coefficient (Wildman–Crippen LogP) is 6.59. The van der Waals surface area contributed by atoms with Crippen molar-refractivity contribution in [3.8, 4) is 0 Å². The third-order valence-corrected chi connectivity index (χ3v) is 3.55. The Morgan fingerprint density at radius 3 is 2.14 bits per heavy atom. The van der Waals surface area contributed by atoms with E-state index in [9.17, 15) is 0 Å². The zero-order valence-electron chi connectivity index (χ0n) is 13.8. The zero-order valence-corrected chi connectivity index (χ0v) is 13.8. The van der Waals surface area contributed by atoms with Crippen LogP contribution < -0.4 is 4.90 Å². The number of hydrogen-bond donors (Lipinski definition) is 0. The summed E-state index contributed by atoms with van der Waals surface area (Å²) in [5.74, 6) is 1.40. The monoisotopic (exact) mass is 306 g/mol. The Hall–Kier alpha value is -1.44. The average Bonchev–Trinajstić information content (AvgIpc) is 2.78. The molecule has 2 heterocycles. The van der Waals surface area contributed by atoms with Gasteiger partial charge in [-0.1, -0.05) is 60.7 Å². The van der Waals surface area contributed by atoms with Crippen molar-refractivity contribution in [2.75, 3.05) is 18.0 Å². The summed E-state index contributed by atoms with van der Waals surface area (Å²) in [6.07, 6.45) is 2.60. The van der Waals surface area contributed by atoms with Crippen molar-refractivity contribution in [3.63, 3.8) is 0 Å². The Balaban J connectivity index is 0. The Labute approximate surface area is 139 Å². The van der Waals surface area contributed by atoms with E-state index in [0.717, 1.165) is 6.54 Å². The van der Waals surface area contributed by atoms with Crippen molar-refractivity contribution >= 4 is 16.7 Å². The number of nitrogens with zero attached hydrogens (tertiary/aromatic N) is 2. The van der Waals surface area contributed by atoms with E-state index in [1.54, 1.807) is 0 Å². The van der Waals surface area contributed by atoms with Crippen molar-refractivity contribution in [1.29, 1.82) is 0 Å². The molecule has 1 aromatic heterocycles. The van der Waals surface area contributed by atoms with Gasteiger partial charge in [0, 0.05) is 30.5 Å². The smallest absolute Gasteiger partial charge is 0.109 e. The van der Waals surface area contributed by atoms with Gasteiger partial charge in [0.25, 0.3) is 0 Å². The predicted molar refractivity (Wildman–Crippen MR) is 105 cm³/mol. The average molecular weight is 307 g/mol. The summed E-state index contributed by atoms with van der Waals surface area (Å²) in [5, 5.41) is 1.37. The van der Waals surface area contributed by atoms with Gasteiger partial charge in [0.2, 0.25) is 0 Å². The van der Waals surface area contributed by atoms with E-state index in [0.29, 0.717) is 0 Å². The maximum Gasteiger partial charge on any atom is 0.109 e. The number of rotatable bonds is 1. The Morgan fingerprint density at radius 2 is 1.50 bits per heavy atom. The lowest BCUT2D eigenvalue weighted by Gasteiger charge is -2.21. The van der Waals surface area contributed by atoms with Crippen molar-refractivity contribution in [1.82, 2.24) is 4.57 Å². The van der Waals surface area contributed by atoms with Gasteiger partial charge in [-0.15, -0.1) is 0 Å². The first-order valence-electron chi connectivity index (χ1n) is 8.23. The van der Waals surface area contributed by atoms with Gasteiger partial charge in [-0.3, -0.25) is 0 Å². The quantitative estimate of drug-likeness (QED) is 0.577. The zero-order chi connectivity index (χ0) is 15.0. The molecule has 0 spiro atoms. The molecule has 0 bridgehead atoms. The summed E-state index contributed by atoms with van der Waals surface area (Å²) in [5.41, 5.74) is 1.39. The number of aromatic nitrogens is 1. The standard InChI is InChI=1S/C14H18N2.2C2H6.2CH4/c1-2-15-9-5-6-10-16-13-8-4-3-7-12(13)11-14(15)16;2*1-2;;/h3-4,7-8,11H,2,5-6,9-10H2,1H3;2*1-2H3;2*1H4. The molecule has 0 aliphatic carbocycles. The van der Waals surface area contributed by atoms with E-state index >= 15 is 0 Å². The van der Waals surface area contributed by atoms with Crippen LogP contribution in [0, 0.1) is 0 Å². The van der Waals surface area contributed by atoms with Gasteiger partial charge in [0.15, 0.2) is 0 Å². The molecule has 0 amide bonds. The summed E-state index contributed by atoms with van der Waals surface area (Å²) in [6.45, 7) is 13.7. The number of fused-ring (bicyclic) bond motifs is 3. The minimum absolute atomic E-state index is 0. The molecule has 0 unspecified atom stereocenters. The molecular formula is C20H38N2. The second-order valence-electron chi connectivity index (χ2n) is 4.50. The van der Waals surface area contributed by atoms with Crippen molar-refractivity contribution in [3.05, 3.63) is 30.3 Å². The van der Waals surface area contributed by atoms with Gasteiger partial charge in [-0.25, -0.2) is 0 Å². The third kappa shape index (κ3) is 4.79. The lowest BCUT2D eigenvalue weighted by atomic mass is 10.2. The highest BCUT2D eigenvalue weighted by atomic mass is 15.2. The Morgan fingerprint density at radius 1 is 0.909 bits per heavy atom. The number of benzene rings is 1. The molecule has 128 valence electrons. The van der Waals surface area contributed by atoms with Crippen LogP contribution in [0.3, 0.4) is 0 Å². The Kier molecular flexibility index (Phi) is 12.6. The van der Waals surface area contributed by atoms with Crippen molar-refractivity contribution in [2.45, 2.75) is 68.9 Å². The summed E-state index contributed by atoms with van der Waals surface area (Å²) in [4.78, 5) is 2.49. The van der Waals surface area contributed by atoms with Crippen LogP contribution >= 0.6 is 0 Å². The van der Waals surface area contributed by atoms with E-state index in [1.165, 1.54) is 42.7 Å². The fourth-order valence-corrected chi connectivity index (χ4v) is 2.70. The summed E-state index contributed by atoms with van der Waals surface area (Å²) < 4.78 is 2.48. The fraction of sp³-hybridized carbons (Fsp3) is 0.600. The number of para-hydroxylation sites is 1. The topological polar surface area (TPSA) is 8.17 Å². The van der Waals surface area contributed by atoms with Crippen LogP contribution in [-0.2, 0) is 6.54 Å². The molecule has 0 atom stereocenters. The van der Waals surface area contributed by atoms with Crippen molar-refractivity contribution < 1.29 is 0 Å². The lowest BCUT2D eigenvalue weighted by molar-refractivity contribution is 0.667. The van der Waals surface area contributed by atoms with E-state index in [2.05, 4.69) is 46.7 Å². The summed E-state index contributed by atoms with van der Waals surface area (Å²) >= 11 is 0. The van der Waals surface area contributed by atoms with E-state index < -0.39 is 0 Å². The summed E-state index contributed by atoms with van der Waals surface area (Å²) in [7, 11) is 0. The number of aryl methyl sites for hydroxylation is 1. The van der Waals surface area contributed by atoms with E-state index in [4.69, 9.17) is 0 Å². The van der Waals surface area contributed by atoms with Crippen LogP contribution in [0.25, 0.3) is 10.9 Å². The van der Waals surface area contributed by atoms with Crippen LogP contribution in [-0.4, -0.2) is 17.7 Å². The molecule has 2 nitrogen and oxygen atoms in total. The van der Waals surface area contributed by atoms with E-state index in [1.807, 2.05) is 27.7 Å². The SMILES string of the molecule is C.C.CC.CC.CCN1CCCCn2c1cc1ccccc12. The molecule has 0 saturated carbocycles. The first kappa shape index (κ1) is 22.8. The molecule has 2 aromatic rings. The van der Waals surface area contributed by atoms with Gasteiger partial charge in [0.1, 0.15) is 5.82 Å². The molecule has 1 aliphatic rings. The maximum atomic E-state index is 2.49. The molecular weight excluding hydrogens is 268 g/mol. The highest BCUT2D eigenvalue weighted by Gasteiger charge is 2.16. The lowest BCUT2D eigenvalue weighted by Crippen LogP contribution is -2.24. The van der Waals surface area contributed by atoms with E-state index in [-0.39, 0.29) is 14.9 Å². The van der Waals surface area contributed by atoms with Crippen LogP contribution in [0.1, 0.15) is 62.3 Å². The first-order valence-corrected chi connectivity index (χ1v) is 8.23. The second-order valence-corrected chi connectivity index (χ2v) is 4.50. The normalized spacial score (nSPS) is 12.3. The van der Waals surface area contributed by atoms with Crippen LogP contribution in [0.5, 0.6) is 0 Å². The Bertz CT molecular complexity index is 499. The third-order valence-electron chi connectivity index (χ3n) is 3.55. The maximum absolute atomic E-state index is 2.49. The highest BCUT2D eigenvalue weighted by Crippen LogP contribution is 2.29. The number of hydrogen-bond acceptors (Lipinski definition) is 1. The largest absolute Gasteiger partial charge is 0.358 e. The molecule has 0 N–H and O–H groups in total. The fourth-order valence-electron chi connectivity index (χ4n) is 2.70. The van der Waals surface area contributed by atoms with Gasteiger partial charge in [0.05, 0.1) is 0 Å². The molecule has 0 saturated heterocycles. The second kappa shape index (κ2) is 12.1. The highest BCUT2D eigenvalue weighted by molar-refractivity contribution is 5.85. The van der Waals surface area contributed by atoms with Crippen molar-refractivity contribution in [2.24, 2.45) is 0 Å². The van der Waals surface area contributed by atoms with Crippen LogP contribution in [0.4, 0.5) is 5.82 Å². The van der Waals surface area contributed by atoms with Crippen LogP contribution in [0.2, 0.25) is 0 Å². The molecule has 1 aliphatic heterocycles. The van der Waals surface area contributed by atoms with Gasteiger partial charge < -0.3 is 9.47 Å².